The van der Waals surface area contributed by atoms with Crippen LogP contribution in [0.25, 0.3) is 0 Å². The van der Waals surface area contributed by atoms with Crippen LogP contribution in [-0.2, 0) is 14.8 Å². The minimum atomic E-state index is -3.64. The highest BCUT2D eigenvalue weighted by Gasteiger charge is 2.26. The van der Waals surface area contributed by atoms with E-state index < -0.39 is 10.0 Å². The van der Waals surface area contributed by atoms with Gasteiger partial charge in [0, 0.05) is 32.3 Å². The van der Waals surface area contributed by atoms with Crippen molar-refractivity contribution in [3.8, 4) is 0 Å². The molecule has 0 aromatic heterocycles. The Kier molecular flexibility index (Phi) is 6.37. The number of sulfonamides is 1. The van der Waals surface area contributed by atoms with Crippen molar-refractivity contribution in [1.29, 1.82) is 0 Å². The monoisotopic (exact) mass is 354 g/mol. The van der Waals surface area contributed by atoms with Crippen molar-refractivity contribution in [1.82, 2.24) is 9.62 Å². The molecular weight excluding hydrogens is 328 g/mol. The second-order valence-electron chi connectivity index (χ2n) is 6.57. The first-order valence-corrected chi connectivity index (χ1v) is 9.69. The van der Waals surface area contributed by atoms with Gasteiger partial charge in [-0.2, -0.15) is 0 Å². The van der Waals surface area contributed by atoms with Crippen molar-refractivity contribution >= 4 is 15.9 Å². The maximum Gasteiger partial charge on any atom is 0.253 e. The zero-order chi connectivity index (χ0) is 17.7. The highest BCUT2D eigenvalue weighted by Crippen LogP contribution is 2.23. The molecule has 1 N–H and O–H groups in total. The van der Waals surface area contributed by atoms with Gasteiger partial charge in [-0.15, -0.1) is 0 Å². The average molecular weight is 354 g/mol. The number of nitrogens with one attached hydrogen (secondary N) is 1. The Morgan fingerprint density at radius 2 is 1.96 bits per heavy atom. The highest BCUT2D eigenvalue weighted by molar-refractivity contribution is 7.89. The molecule has 1 aromatic carbocycles. The van der Waals surface area contributed by atoms with Crippen LogP contribution in [0.5, 0.6) is 0 Å². The Morgan fingerprint density at radius 1 is 1.29 bits per heavy atom. The molecule has 1 heterocycles. The van der Waals surface area contributed by atoms with Gasteiger partial charge in [-0.25, -0.2) is 13.1 Å². The predicted octanol–water partition coefficient (Wildman–Crippen LogP) is 1.73. The molecule has 6 nitrogen and oxygen atoms in total. The van der Waals surface area contributed by atoms with E-state index in [0.29, 0.717) is 37.1 Å². The largest absolute Gasteiger partial charge is 0.383 e. The number of rotatable bonds is 6. The lowest BCUT2D eigenvalue weighted by Gasteiger charge is -2.35. The standard InChI is InChI=1S/C17H26N2O4S/c1-13-9-14(2)12-19(11-13)17(20)15-5-4-6-16(10-15)24(21,22)18-7-8-23-3/h4-6,10,13-14,18H,7-9,11-12H2,1-3H3. The van der Waals surface area contributed by atoms with E-state index >= 15 is 0 Å². The van der Waals surface area contributed by atoms with Crippen molar-refractivity contribution in [2.45, 2.75) is 25.2 Å². The van der Waals surface area contributed by atoms with Crippen LogP contribution in [0.3, 0.4) is 0 Å². The molecule has 1 saturated heterocycles. The lowest BCUT2D eigenvalue weighted by Crippen LogP contribution is -2.42. The first-order valence-electron chi connectivity index (χ1n) is 8.21. The number of amides is 1. The van der Waals surface area contributed by atoms with Crippen LogP contribution < -0.4 is 4.72 Å². The van der Waals surface area contributed by atoms with Gasteiger partial charge in [0.1, 0.15) is 0 Å². The summed E-state index contributed by atoms with van der Waals surface area (Å²) in [6, 6.07) is 6.21. The van der Waals surface area contributed by atoms with Crippen molar-refractivity contribution < 1.29 is 17.9 Å². The molecule has 24 heavy (non-hydrogen) atoms. The Labute approximate surface area is 144 Å². The SMILES string of the molecule is COCCNS(=O)(=O)c1cccc(C(=O)N2CC(C)CC(C)C2)c1. The summed E-state index contributed by atoms with van der Waals surface area (Å²) in [4.78, 5) is 14.6. The van der Waals surface area contributed by atoms with Crippen LogP contribution >= 0.6 is 0 Å². The summed E-state index contributed by atoms with van der Waals surface area (Å²) in [5.41, 5.74) is 0.408. The number of piperidine rings is 1. The lowest BCUT2D eigenvalue weighted by molar-refractivity contribution is 0.0623. The van der Waals surface area contributed by atoms with E-state index in [9.17, 15) is 13.2 Å². The van der Waals surface area contributed by atoms with Crippen molar-refractivity contribution in [2.75, 3.05) is 33.4 Å². The van der Waals surface area contributed by atoms with Gasteiger partial charge in [0.05, 0.1) is 11.5 Å². The van der Waals surface area contributed by atoms with Crippen LogP contribution in [0.15, 0.2) is 29.2 Å². The molecule has 134 valence electrons. The van der Waals surface area contributed by atoms with Gasteiger partial charge in [-0.1, -0.05) is 19.9 Å². The third-order valence-corrected chi connectivity index (χ3v) is 5.60. The van der Waals surface area contributed by atoms with Gasteiger partial charge in [-0.05, 0) is 36.5 Å². The van der Waals surface area contributed by atoms with Gasteiger partial charge in [-0.3, -0.25) is 4.79 Å². The summed E-state index contributed by atoms with van der Waals surface area (Å²) < 4.78 is 31.8. The summed E-state index contributed by atoms with van der Waals surface area (Å²) in [5.74, 6) is 0.808. The van der Waals surface area contributed by atoms with Gasteiger partial charge < -0.3 is 9.64 Å². The third-order valence-electron chi connectivity index (χ3n) is 4.15. The summed E-state index contributed by atoms with van der Waals surface area (Å²) >= 11 is 0. The number of methoxy groups -OCH3 is 1. The predicted molar refractivity (Wildman–Crippen MR) is 92.4 cm³/mol. The van der Waals surface area contributed by atoms with Gasteiger partial charge in [0.15, 0.2) is 0 Å². The molecular formula is C17H26N2O4S. The zero-order valence-electron chi connectivity index (χ0n) is 14.5. The van der Waals surface area contributed by atoms with Crippen LogP contribution in [-0.4, -0.2) is 52.6 Å². The molecule has 1 aliphatic heterocycles. The summed E-state index contributed by atoms with van der Waals surface area (Å²) in [6.07, 6.45) is 1.11. The van der Waals surface area contributed by atoms with Gasteiger partial charge in [0.25, 0.3) is 5.91 Å². The minimum absolute atomic E-state index is 0.0996. The molecule has 0 bridgehead atoms. The molecule has 1 fully saturated rings. The molecule has 7 heteroatoms. The Morgan fingerprint density at radius 3 is 2.58 bits per heavy atom. The molecule has 0 spiro atoms. The van der Waals surface area contributed by atoms with E-state index in [-0.39, 0.29) is 17.3 Å². The average Bonchev–Trinajstić information content (AvgIpc) is 2.53. The molecule has 0 saturated carbocycles. The quantitative estimate of drug-likeness (QED) is 0.790. The van der Waals surface area contributed by atoms with E-state index in [2.05, 4.69) is 18.6 Å². The van der Waals surface area contributed by atoms with Crippen molar-refractivity contribution in [3.05, 3.63) is 29.8 Å². The first kappa shape index (κ1) is 18.9. The number of hydrogen-bond donors (Lipinski definition) is 1. The van der Waals surface area contributed by atoms with Gasteiger partial charge >= 0.3 is 0 Å². The Bertz CT molecular complexity index is 665. The molecule has 1 amide bonds. The smallest absolute Gasteiger partial charge is 0.253 e. The second-order valence-corrected chi connectivity index (χ2v) is 8.34. The summed E-state index contributed by atoms with van der Waals surface area (Å²) in [6.45, 7) is 6.19. The van der Waals surface area contributed by atoms with Crippen LogP contribution in [0, 0.1) is 11.8 Å². The summed E-state index contributed by atoms with van der Waals surface area (Å²) in [5, 5.41) is 0. The fraction of sp³-hybridized carbons (Fsp3) is 0.588. The number of likely N-dealkylation sites (tertiary alicyclic amines) is 1. The number of hydrogen-bond acceptors (Lipinski definition) is 4. The lowest BCUT2D eigenvalue weighted by atomic mass is 9.91. The zero-order valence-corrected chi connectivity index (χ0v) is 15.3. The Balaban J connectivity index is 2.16. The molecule has 1 aliphatic rings. The molecule has 0 aliphatic carbocycles. The van der Waals surface area contributed by atoms with Crippen LogP contribution in [0.4, 0.5) is 0 Å². The van der Waals surface area contributed by atoms with E-state index in [1.165, 1.54) is 19.2 Å². The fourth-order valence-corrected chi connectivity index (χ4v) is 4.23. The van der Waals surface area contributed by atoms with Gasteiger partial charge in [0.2, 0.25) is 10.0 Å². The number of carbonyl (C=O) groups excluding carboxylic acids is 1. The van der Waals surface area contributed by atoms with Crippen LogP contribution in [0.1, 0.15) is 30.6 Å². The second kappa shape index (κ2) is 8.09. The van der Waals surface area contributed by atoms with Crippen molar-refractivity contribution in [3.63, 3.8) is 0 Å². The summed E-state index contributed by atoms with van der Waals surface area (Å²) in [7, 11) is -2.13. The van der Waals surface area contributed by atoms with E-state index in [1.54, 1.807) is 12.1 Å². The highest BCUT2D eigenvalue weighted by atomic mass is 32.2. The Hall–Kier alpha value is -1.44. The fourth-order valence-electron chi connectivity index (χ4n) is 3.17. The van der Waals surface area contributed by atoms with Crippen molar-refractivity contribution in [2.24, 2.45) is 11.8 Å². The topological polar surface area (TPSA) is 75.7 Å². The molecule has 2 rings (SSSR count). The maximum absolute atomic E-state index is 12.7. The molecule has 2 atom stereocenters. The maximum atomic E-state index is 12.7. The molecule has 2 unspecified atom stereocenters. The van der Waals surface area contributed by atoms with E-state index in [4.69, 9.17) is 4.74 Å². The third kappa shape index (κ3) is 4.78. The molecule has 1 aromatic rings. The van der Waals surface area contributed by atoms with E-state index in [1.807, 2.05) is 4.90 Å². The first-order chi connectivity index (χ1) is 11.3. The van der Waals surface area contributed by atoms with Crippen LogP contribution in [0.2, 0.25) is 0 Å². The van der Waals surface area contributed by atoms with E-state index in [0.717, 1.165) is 6.42 Å². The number of ether oxygens (including phenoxy) is 1. The minimum Gasteiger partial charge on any atom is -0.383 e. The number of benzene rings is 1. The number of nitrogens with zero attached hydrogens (tertiary/aromatic N) is 1. The molecule has 0 radical (unpaired) electrons. The number of carbonyl (C=O) groups is 1. The normalized spacial score (nSPS) is 21.7.